The van der Waals surface area contributed by atoms with Crippen LogP contribution in [0.1, 0.15) is 39.3 Å². The molecular weight excluding hydrogens is 328 g/mol. The molecule has 0 spiro atoms. The number of anilines is 1. The van der Waals surface area contributed by atoms with Crippen molar-refractivity contribution in [2.45, 2.75) is 19.3 Å². The maximum Gasteiger partial charge on any atom is 0.258 e. The summed E-state index contributed by atoms with van der Waals surface area (Å²) in [7, 11) is 1.94. The SMILES string of the molecule is Cn1c(-c2ccnc(NC(=O)c3ccccc3)n2)cc2c1CCCC2=O. The van der Waals surface area contributed by atoms with Crippen LogP contribution in [0.3, 0.4) is 0 Å². The number of ketones is 1. The number of rotatable bonds is 3. The third-order valence-corrected chi connectivity index (χ3v) is 4.66. The van der Waals surface area contributed by atoms with Crippen molar-refractivity contribution in [2.24, 2.45) is 7.05 Å². The van der Waals surface area contributed by atoms with Crippen molar-refractivity contribution < 1.29 is 9.59 Å². The van der Waals surface area contributed by atoms with Gasteiger partial charge in [0.1, 0.15) is 0 Å². The van der Waals surface area contributed by atoms with Crippen LogP contribution in [0, 0.1) is 0 Å². The Kier molecular flexibility index (Phi) is 4.08. The van der Waals surface area contributed by atoms with Crippen molar-refractivity contribution in [3.63, 3.8) is 0 Å². The number of carbonyl (C=O) groups is 2. The summed E-state index contributed by atoms with van der Waals surface area (Å²) in [4.78, 5) is 33.0. The molecule has 4 rings (SSSR count). The van der Waals surface area contributed by atoms with E-state index < -0.39 is 0 Å². The minimum Gasteiger partial charge on any atom is -0.346 e. The third kappa shape index (κ3) is 2.90. The number of fused-ring (bicyclic) bond motifs is 1. The molecule has 6 nitrogen and oxygen atoms in total. The fourth-order valence-electron chi connectivity index (χ4n) is 3.31. The highest BCUT2D eigenvalue weighted by Crippen LogP contribution is 2.29. The van der Waals surface area contributed by atoms with Gasteiger partial charge in [-0.15, -0.1) is 0 Å². The summed E-state index contributed by atoms with van der Waals surface area (Å²) in [5, 5.41) is 2.72. The van der Waals surface area contributed by atoms with Crippen molar-refractivity contribution in [3.05, 3.63) is 65.5 Å². The van der Waals surface area contributed by atoms with Gasteiger partial charge in [-0.25, -0.2) is 9.97 Å². The van der Waals surface area contributed by atoms with Crippen LogP contribution in [-0.4, -0.2) is 26.2 Å². The first-order valence-electron chi connectivity index (χ1n) is 8.55. The van der Waals surface area contributed by atoms with E-state index in [1.165, 1.54) is 0 Å². The van der Waals surface area contributed by atoms with Crippen molar-refractivity contribution in [1.29, 1.82) is 0 Å². The van der Waals surface area contributed by atoms with Crippen LogP contribution >= 0.6 is 0 Å². The maximum atomic E-state index is 12.3. The molecule has 1 aliphatic carbocycles. The number of amides is 1. The average Bonchev–Trinajstić information content (AvgIpc) is 3.01. The number of hydrogen-bond donors (Lipinski definition) is 1. The molecule has 0 atom stereocenters. The van der Waals surface area contributed by atoms with Crippen LogP contribution in [0.5, 0.6) is 0 Å². The molecule has 1 aromatic carbocycles. The summed E-state index contributed by atoms with van der Waals surface area (Å²) in [6.07, 6.45) is 3.97. The molecular formula is C20H18N4O2. The first-order valence-corrected chi connectivity index (χ1v) is 8.55. The van der Waals surface area contributed by atoms with E-state index in [0.717, 1.165) is 29.8 Å². The quantitative estimate of drug-likeness (QED) is 0.790. The van der Waals surface area contributed by atoms with Crippen molar-refractivity contribution in [3.8, 4) is 11.4 Å². The lowest BCUT2D eigenvalue weighted by Crippen LogP contribution is -2.14. The Morgan fingerprint density at radius 1 is 1.15 bits per heavy atom. The molecule has 0 saturated carbocycles. The molecule has 0 fully saturated rings. The predicted octanol–water partition coefficient (Wildman–Crippen LogP) is 3.25. The van der Waals surface area contributed by atoms with Crippen LogP contribution in [-0.2, 0) is 13.5 Å². The number of carbonyl (C=O) groups excluding carboxylic acids is 2. The minimum atomic E-state index is -0.260. The zero-order chi connectivity index (χ0) is 18.1. The van der Waals surface area contributed by atoms with Gasteiger partial charge in [0.25, 0.3) is 5.91 Å². The second-order valence-electron chi connectivity index (χ2n) is 6.31. The fraction of sp³-hybridized carbons (Fsp3) is 0.200. The fourth-order valence-corrected chi connectivity index (χ4v) is 3.31. The van der Waals surface area contributed by atoms with Crippen LogP contribution in [0.25, 0.3) is 11.4 Å². The highest BCUT2D eigenvalue weighted by atomic mass is 16.1. The summed E-state index contributed by atoms with van der Waals surface area (Å²) in [5.41, 5.74) is 3.89. The van der Waals surface area contributed by atoms with E-state index in [1.807, 2.05) is 23.7 Å². The van der Waals surface area contributed by atoms with Gasteiger partial charge in [0.2, 0.25) is 5.95 Å². The van der Waals surface area contributed by atoms with Crippen molar-refractivity contribution in [2.75, 3.05) is 5.32 Å². The molecule has 0 bridgehead atoms. The molecule has 2 aromatic heterocycles. The Hall–Kier alpha value is -3.28. The van der Waals surface area contributed by atoms with Gasteiger partial charge >= 0.3 is 0 Å². The molecule has 0 unspecified atom stereocenters. The van der Waals surface area contributed by atoms with Crippen LogP contribution in [0.2, 0.25) is 0 Å². The van der Waals surface area contributed by atoms with Crippen LogP contribution < -0.4 is 5.32 Å². The molecule has 26 heavy (non-hydrogen) atoms. The standard InChI is InChI=1S/C20H18N4O2/c1-24-16-8-5-9-18(25)14(16)12-17(24)15-10-11-21-20(22-15)23-19(26)13-6-3-2-4-7-13/h2-4,6-7,10-12H,5,8-9H2,1H3,(H,21,22,23,26). The number of nitrogens with one attached hydrogen (secondary N) is 1. The van der Waals surface area contributed by atoms with Gasteiger partial charge in [0, 0.05) is 36.5 Å². The van der Waals surface area contributed by atoms with E-state index in [-0.39, 0.29) is 17.6 Å². The Bertz CT molecular complexity index is 992. The van der Waals surface area contributed by atoms with E-state index >= 15 is 0 Å². The molecule has 1 N–H and O–H groups in total. The van der Waals surface area contributed by atoms with E-state index in [1.54, 1.807) is 36.5 Å². The lowest BCUT2D eigenvalue weighted by molar-refractivity contribution is 0.0970. The van der Waals surface area contributed by atoms with Gasteiger partial charge < -0.3 is 4.57 Å². The average molecular weight is 346 g/mol. The topological polar surface area (TPSA) is 76.9 Å². The summed E-state index contributed by atoms with van der Waals surface area (Å²) in [5.74, 6) is 0.158. The Morgan fingerprint density at radius 2 is 1.96 bits per heavy atom. The highest BCUT2D eigenvalue weighted by Gasteiger charge is 2.23. The number of aromatic nitrogens is 3. The van der Waals surface area contributed by atoms with Crippen LogP contribution in [0.15, 0.2) is 48.7 Å². The van der Waals surface area contributed by atoms with E-state index in [0.29, 0.717) is 17.7 Å². The molecule has 0 radical (unpaired) electrons. The van der Waals surface area contributed by atoms with Gasteiger partial charge in [0.15, 0.2) is 5.78 Å². The Labute approximate surface area is 150 Å². The molecule has 1 aliphatic rings. The van der Waals surface area contributed by atoms with Gasteiger partial charge in [-0.05, 0) is 37.1 Å². The molecule has 3 aromatic rings. The van der Waals surface area contributed by atoms with Crippen LogP contribution in [0.4, 0.5) is 5.95 Å². The first-order chi connectivity index (χ1) is 12.6. The van der Waals surface area contributed by atoms with E-state index in [4.69, 9.17) is 0 Å². The summed E-state index contributed by atoms with van der Waals surface area (Å²) >= 11 is 0. The van der Waals surface area contributed by atoms with Gasteiger partial charge in [-0.2, -0.15) is 0 Å². The maximum absolute atomic E-state index is 12.3. The first kappa shape index (κ1) is 16.2. The number of benzene rings is 1. The Balaban J connectivity index is 1.65. The Morgan fingerprint density at radius 3 is 2.73 bits per heavy atom. The van der Waals surface area contributed by atoms with Gasteiger partial charge in [-0.3, -0.25) is 14.9 Å². The second-order valence-corrected chi connectivity index (χ2v) is 6.31. The third-order valence-electron chi connectivity index (χ3n) is 4.66. The number of hydrogen-bond acceptors (Lipinski definition) is 4. The molecule has 130 valence electrons. The smallest absolute Gasteiger partial charge is 0.258 e. The molecule has 0 aliphatic heterocycles. The highest BCUT2D eigenvalue weighted by molar-refractivity contribution is 6.03. The molecule has 6 heteroatoms. The van der Waals surface area contributed by atoms with E-state index in [9.17, 15) is 9.59 Å². The zero-order valence-corrected chi connectivity index (χ0v) is 14.4. The summed E-state index contributed by atoms with van der Waals surface area (Å²) < 4.78 is 2.01. The van der Waals surface area contributed by atoms with Crippen molar-refractivity contribution >= 4 is 17.6 Å². The molecule has 0 saturated heterocycles. The van der Waals surface area contributed by atoms with Gasteiger partial charge in [-0.1, -0.05) is 18.2 Å². The summed E-state index contributed by atoms with van der Waals surface area (Å²) in [6.45, 7) is 0. The summed E-state index contributed by atoms with van der Waals surface area (Å²) in [6, 6.07) is 12.6. The normalized spacial score (nSPS) is 13.3. The largest absolute Gasteiger partial charge is 0.346 e. The number of Topliss-reactive ketones (excluding diaryl/α,β-unsaturated/α-hetero) is 1. The predicted molar refractivity (Wildman–Crippen MR) is 98.1 cm³/mol. The lowest BCUT2D eigenvalue weighted by Gasteiger charge is -2.12. The molecule has 1 amide bonds. The monoisotopic (exact) mass is 346 g/mol. The number of nitrogens with zero attached hydrogens (tertiary/aromatic N) is 3. The van der Waals surface area contributed by atoms with Gasteiger partial charge in [0.05, 0.1) is 11.4 Å². The van der Waals surface area contributed by atoms with E-state index in [2.05, 4.69) is 15.3 Å². The second kappa shape index (κ2) is 6.55. The van der Waals surface area contributed by atoms with Crippen molar-refractivity contribution in [1.82, 2.24) is 14.5 Å². The zero-order valence-electron chi connectivity index (χ0n) is 14.4. The minimum absolute atomic E-state index is 0.180. The molecule has 2 heterocycles. The lowest BCUT2D eigenvalue weighted by atomic mass is 9.97.